The SMILES string of the molecule is C=CCc1ccccc1N(CC(=O)O)c1ccccc1. The molecule has 0 atom stereocenters. The molecule has 0 radical (unpaired) electrons. The maximum atomic E-state index is 11.2. The Morgan fingerprint density at radius 3 is 2.40 bits per heavy atom. The maximum absolute atomic E-state index is 11.2. The van der Waals surface area contributed by atoms with Gasteiger partial charge in [-0.15, -0.1) is 6.58 Å². The van der Waals surface area contributed by atoms with Crippen molar-refractivity contribution in [3.05, 3.63) is 72.8 Å². The fraction of sp³-hybridized carbons (Fsp3) is 0.118. The van der Waals surface area contributed by atoms with Gasteiger partial charge >= 0.3 is 5.97 Å². The van der Waals surface area contributed by atoms with E-state index in [-0.39, 0.29) is 6.54 Å². The van der Waals surface area contributed by atoms with Crippen molar-refractivity contribution in [1.82, 2.24) is 0 Å². The van der Waals surface area contributed by atoms with Crippen LogP contribution in [-0.4, -0.2) is 17.6 Å². The molecule has 0 spiro atoms. The van der Waals surface area contributed by atoms with Crippen molar-refractivity contribution in [2.75, 3.05) is 11.4 Å². The van der Waals surface area contributed by atoms with Crippen molar-refractivity contribution in [2.45, 2.75) is 6.42 Å². The summed E-state index contributed by atoms with van der Waals surface area (Å²) in [6, 6.07) is 17.3. The number of para-hydroxylation sites is 2. The number of aliphatic carboxylic acids is 1. The van der Waals surface area contributed by atoms with Crippen molar-refractivity contribution >= 4 is 17.3 Å². The first-order chi connectivity index (χ1) is 9.72. The van der Waals surface area contributed by atoms with Gasteiger partial charge in [-0.05, 0) is 30.2 Å². The molecule has 20 heavy (non-hydrogen) atoms. The lowest BCUT2D eigenvalue weighted by Crippen LogP contribution is -2.25. The van der Waals surface area contributed by atoms with Gasteiger partial charge in [-0.25, -0.2) is 0 Å². The van der Waals surface area contributed by atoms with Crippen LogP contribution in [0.5, 0.6) is 0 Å². The number of rotatable bonds is 6. The fourth-order valence-corrected chi connectivity index (χ4v) is 2.16. The standard InChI is InChI=1S/C17H17NO2/c1-2-8-14-9-6-7-12-16(14)18(13-17(19)20)15-10-4-3-5-11-15/h2-7,9-12H,1,8,13H2,(H,19,20). The van der Waals surface area contributed by atoms with Crippen LogP contribution in [0.3, 0.4) is 0 Å². The number of allylic oxidation sites excluding steroid dienone is 1. The number of nitrogens with zero attached hydrogens (tertiary/aromatic N) is 1. The molecule has 0 heterocycles. The summed E-state index contributed by atoms with van der Waals surface area (Å²) < 4.78 is 0. The van der Waals surface area contributed by atoms with E-state index in [1.165, 1.54) is 0 Å². The van der Waals surface area contributed by atoms with Gasteiger partial charge in [-0.1, -0.05) is 42.5 Å². The zero-order valence-corrected chi connectivity index (χ0v) is 11.2. The smallest absolute Gasteiger partial charge is 0.323 e. The second-order valence-electron chi connectivity index (χ2n) is 4.44. The van der Waals surface area contributed by atoms with Gasteiger partial charge in [0, 0.05) is 11.4 Å². The highest BCUT2D eigenvalue weighted by molar-refractivity contribution is 5.79. The molecule has 0 saturated heterocycles. The molecule has 0 aliphatic heterocycles. The van der Waals surface area contributed by atoms with Crippen molar-refractivity contribution in [3.63, 3.8) is 0 Å². The molecule has 0 fully saturated rings. The van der Waals surface area contributed by atoms with Gasteiger partial charge in [0.1, 0.15) is 6.54 Å². The number of carboxylic acid groups (broad SMARTS) is 1. The van der Waals surface area contributed by atoms with Gasteiger partial charge in [0.25, 0.3) is 0 Å². The van der Waals surface area contributed by atoms with Crippen molar-refractivity contribution in [1.29, 1.82) is 0 Å². The summed E-state index contributed by atoms with van der Waals surface area (Å²) in [4.78, 5) is 13.0. The first kappa shape index (κ1) is 13.9. The van der Waals surface area contributed by atoms with Crippen LogP contribution in [0.4, 0.5) is 11.4 Å². The molecular formula is C17H17NO2. The van der Waals surface area contributed by atoms with Gasteiger partial charge in [0.2, 0.25) is 0 Å². The number of hydrogen-bond acceptors (Lipinski definition) is 2. The average Bonchev–Trinajstić information content (AvgIpc) is 2.47. The van der Waals surface area contributed by atoms with Gasteiger partial charge < -0.3 is 10.0 Å². The van der Waals surface area contributed by atoms with Crippen LogP contribution >= 0.6 is 0 Å². The fourth-order valence-electron chi connectivity index (χ4n) is 2.16. The lowest BCUT2D eigenvalue weighted by Gasteiger charge is -2.25. The normalized spacial score (nSPS) is 10.0. The molecule has 0 amide bonds. The third kappa shape index (κ3) is 3.26. The average molecular weight is 267 g/mol. The molecule has 3 heteroatoms. The predicted octanol–water partition coefficient (Wildman–Crippen LogP) is 3.64. The lowest BCUT2D eigenvalue weighted by molar-refractivity contribution is -0.135. The molecule has 2 aromatic carbocycles. The number of carbonyl (C=O) groups is 1. The first-order valence-corrected chi connectivity index (χ1v) is 6.45. The van der Waals surface area contributed by atoms with Crippen molar-refractivity contribution in [2.24, 2.45) is 0 Å². The Hall–Kier alpha value is -2.55. The number of benzene rings is 2. The summed E-state index contributed by atoms with van der Waals surface area (Å²) in [5.41, 5.74) is 2.83. The highest BCUT2D eigenvalue weighted by Crippen LogP contribution is 2.28. The monoisotopic (exact) mass is 267 g/mol. The lowest BCUT2D eigenvalue weighted by atomic mass is 10.1. The van der Waals surface area contributed by atoms with Crippen LogP contribution in [0.15, 0.2) is 67.3 Å². The first-order valence-electron chi connectivity index (χ1n) is 6.45. The largest absolute Gasteiger partial charge is 0.480 e. The van der Waals surface area contributed by atoms with E-state index in [9.17, 15) is 4.79 Å². The number of anilines is 2. The third-order valence-electron chi connectivity index (χ3n) is 3.01. The van der Waals surface area contributed by atoms with E-state index in [0.717, 1.165) is 16.9 Å². The molecule has 0 aliphatic carbocycles. The molecule has 0 unspecified atom stereocenters. The second-order valence-corrected chi connectivity index (χ2v) is 4.44. The zero-order valence-electron chi connectivity index (χ0n) is 11.2. The topological polar surface area (TPSA) is 40.5 Å². The quantitative estimate of drug-likeness (QED) is 0.812. The van der Waals surface area contributed by atoms with Crippen LogP contribution in [0.1, 0.15) is 5.56 Å². The molecule has 2 aromatic rings. The minimum Gasteiger partial charge on any atom is -0.480 e. The highest BCUT2D eigenvalue weighted by atomic mass is 16.4. The number of carboxylic acids is 1. The molecule has 0 saturated carbocycles. The summed E-state index contributed by atoms with van der Waals surface area (Å²) in [7, 11) is 0. The third-order valence-corrected chi connectivity index (χ3v) is 3.01. The summed E-state index contributed by atoms with van der Waals surface area (Å²) in [6.45, 7) is 3.68. The van der Waals surface area contributed by atoms with E-state index in [2.05, 4.69) is 6.58 Å². The Labute approximate surface area is 118 Å². The summed E-state index contributed by atoms with van der Waals surface area (Å²) in [6.07, 6.45) is 2.53. The van der Waals surface area contributed by atoms with E-state index in [0.29, 0.717) is 6.42 Å². The second kappa shape index (κ2) is 6.57. The van der Waals surface area contributed by atoms with Crippen LogP contribution in [0.2, 0.25) is 0 Å². The molecule has 1 N–H and O–H groups in total. The molecule has 0 aliphatic rings. The summed E-state index contributed by atoms with van der Waals surface area (Å²) in [5, 5.41) is 9.17. The predicted molar refractivity (Wildman–Crippen MR) is 81.4 cm³/mol. The molecule has 2 rings (SSSR count). The van der Waals surface area contributed by atoms with E-state index in [1.54, 1.807) is 4.90 Å². The van der Waals surface area contributed by atoms with Crippen molar-refractivity contribution in [3.8, 4) is 0 Å². The molecule has 0 bridgehead atoms. The van der Waals surface area contributed by atoms with Gasteiger partial charge in [-0.2, -0.15) is 0 Å². The Kier molecular flexibility index (Phi) is 4.56. The molecule has 3 nitrogen and oxygen atoms in total. The Morgan fingerprint density at radius 2 is 1.75 bits per heavy atom. The van der Waals surface area contributed by atoms with Gasteiger partial charge in [0.05, 0.1) is 0 Å². The summed E-state index contributed by atoms with van der Waals surface area (Å²) >= 11 is 0. The number of hydrogen-bond donors (Lipinski definition) is 1. The summed E-state index contributed by atoms with van der Waals surface area (Å²) in [5.74, 6) is -0.859. The highest BCUT2D eigenvalue weighted by Gasteiger charge is 2.15. The van der Waals surface area contributed by atoms with Crippen LogP contribution in [-0.2, 0) is 11.2 Å². The van der Waals surface area contributed by atoms with E-state index >= 15 is 0 Å². The Morgan fingerprint density at radius 1 is 1.10 bits per heavy atom. The minimum absolute atomic E-state index is 0.0713. The van der Waals surface area contributed by atoms with Gasteiger partial charge in [0.15, 0.2) is 0 Å². The van der Waals surface area contributed by atoms with Crippen LogP contribution < -0.4 is 4.90 Å². The minimum atomic E-state index is -0.859. The molecule has 102 valence electrons. The van der Waals surface area contributed by atoms with E-state index in [4.69, 9.17) is 5.11 Å². The Balaban J connectivity index is 2.46. The van der Waals surface area contributed by atoms with Gasteiger partial charge in [-0.3, -0.25) is 4.79 Å². The molecular weight excluding hydrogens is 250 g/mol. The maximum Gasteiger partial charge on any atom is 0.323 e. The van der Waals surface area contributed by atoms with Crippen molar-refractivity contribution < 1.29 is 9.90 Å². The zero-order chi connectivity index (χ0) is 14.4. The van der Waals surface area contributed by atoms with Crippen LogP contribution in [0.25, 0.3) is 0 Å². The van der Waals surface area contributed by atoms with E-state index in [1.807, 2.05) is 60.7 Å². The van der Waals surface area contributed by atoms with Crippen LogP contribution in [0, 0.1) is 0 Å². The Bertz CT molecular complexity index is 593. The van der Waals surface area contributed by atoms with E-state index < -0.39 is 5.97 Å². The molecule has 0 aromatic heterocycles.